The van der Waals surface area contributed by atoms with E-state index in [9.17, 15) is 14.4 Å². The van der Waals surface area contributed by atoms with Crippen LogP contribution in [0.4, 0.5) is 4.79 Å². The van der Waals surface area contributed by atoms with Crippen molar-refractivity contribution in [3.8, 4) is 0 Å². The summed E-state index contributed by atoms with van der Waals surface area (Å²) in [4.78, 5) is 35.9. The Balaban J connectivity index is 2.49. The van der Waals surface area contributed by atoms with Crippen LogP contribution in [0.25, 0.3) is 0 Å². The zero-order valence-electron chi connectivity index (χ0n) is 12.0. The standard InChI is InChI=1S/C13H23N3O4/c1-3-14-13(20)15-12(19)9(2)16-6-4-5-10(8-16)7-11(17)18/h9-10H,3-8H2,1-2H3,(H,17,18)(H2,14,15,19,20). The highest BCUT2D eigenvalue weighted by atomic mass is 16.4. The number of carboxylic acids is 1. The number of carboxylic acid groups (broad SMARTS) is 1. The first kappa shape index (κ1) is 16.4. The molecule has 3 N–H and O–H groups in total. The number of hydrogen-bond donors (Lipinski definition) is 3. The minimum absolute atomic E-state index is 0.0703. The second-order valence-electron chi connectivity index (χ2n) is 5.13. The smallest absolute Gasteiger partial charge is 0.321 e. The topological polar surface area (TPSA) is 98.7 Å². The van der Waals surface area contributed by atoms with Crippen LogP contribution in [0.15, 0.2) is 0 Å². The van der Waals surface area contributed by atoms with Crippen LogP contribution in [0.2, 0.25) is 0 Å². The molecule has 1 saturated heterocycles. The number of nitrogens with one attached hydrogen (secondary N) is 2. The molecule has 0 radical (unpaired) electrons. The molecule has 3 amide bonds. The third-order valence-corrected chi connectivity index (χ3v) is 3.51. The van der Waals surface area contributed by atoms with Gasteiger partial charge in [0, 0.05) is 19.5 Å². The summed E-state index contributed by atoms with van der Waals surface area (Å²) in [6, 6.07) is -0.933. The molecule has 0 saturated carbocycles. The maximum atomic E-state index is 11.9. The van der Waals surface area contributed by atoms with Crippen LogP contribution in [0.1, 0.15) is 33.1 Å². The van der Waals surface area contributed by atoms with E-state index in [0.29, 0.717) is 13.1 Å². The highest BCUT2D eigenvalue weighted by molar-refractivity contribution is 5.96. The van der Waals surface area contributed by atoms with Crippen molar-refractivity contribution in [1.29, 1.82) is 0 Å². The van der Waals surface area contributed by atoms with E-state index < -0.39 is 18.0 Å². The summed E-state index contributed by atoms with van der Waals surface area (Å²) >= 11 is 0. The zero-order valence-corrected chi connectivity index (χ0v) is 12.0. The van der Waals surface area contributed by atoms with Gasteiger partial charge in [-0.2, -0.15) is 0 Å². The van der Waals surface area contributed by atoms with Gasteiger partial charge >= 0.3 is 12.0 Å². The summed E-state index contributed by atoms with van der Waals surface area (Å²) in [6.45, 7) is 5.29. The molecule has 1 aliphatic heterocycles. The molecule has 0 bridgehead atoms. The van der Waals surface area contributed by atoms with Crippen molar-refractivity contribution in [3.05, 3.63) is 0 Å². The molecule has 0 aromatic carbocycles. The molecule has 0 aromatic rings. The SMILES string of the molecule is CCNC(=O)NC(=O)C(C)N1CCCC(CC(=O)O)C1. The minimum atomic E-state index is -0.809. The van der Waals surface area contributed by atoms with E-state index in [2.05, 4.69) is 10.6 Å². The quantitative estimate of drug-likeness (QED) is 0.679. The summed E-state index contributed by atoms with van der Waals surface area (Å²) in [5, 5.41) is 13.6. The second kappa shape index (κ2) is 7.84. The van der Waals surface area contributed by atoms with Gasteiger partial charge < -0.3 is 10.4 Å². The van der Waals surface area contributed by atoms with Gasteiger partial charge in [0.2, 0.25) is 5.91 Å². The number of rotatable bonds is 5. The summed E-state index contributed by atoms with van der Waals surface area (Å²) in [5.74, 6) is -1.09. The average Bonchev–Trinajstić information content (AvgIpc) is 2.37. The first-order valence-electron chi connectivity index (χ1n) is 6.98. The molecule has 20 heavy (non-hydrogen) atoms. The Kier molecular flexibility index (Phi) is 6.44. The van der Waals surface area contributed by atoms with E-state index in [-0.39, 0.29) is 18.2 Å². The van der Waals surface area contributed by atoms with Gasteiger partial charge in [0.1, 0.15) is 0 Å². The van der Waals surface area contributed by atoms with Gasteiger partial charge in [-0.25, -0.2) is 4.79 Å². The molecular formula is C13H23N3O4. The summed E-state index contributed by atoms with van der Waals surface area (Å²) < 4.78 is 0. The molecule has 2 atom stereocenters. The van der Waals surface area contributed by atoms with E-state index in [1.807, 2.05) is 4.90 Å². The Morgan fingerprint density at radius 2 is 2.10 bits per heavy atom. The van der Waals surface area contributed by atoms with Gasteiger partial charge in [-0.1, -0.05) is 0 Å². The molecule has 7 nitrogen and oxygen atoms in total. The van der Waals surface area contributed by atoms with E-state index in [0.717, 1.165) is 19.4 Å². The van der Waals surface area contributed by atoms with Crippen LogP contribution in [0.3, 0.4) is 0 Å². The molecule has 7 heteroatoms. The maximum Gasteiger partial charge on any atom is 0.321 e. The Bertz CT molecular complexity index is 373. The van der Waals surface area contributed by atoms with E-state index >= 15 is 0 Å². The van der Waals surface area contributed by atoms with Crippen molar-refractivity contribution >= 4 is 17.9 Å². The Morgan fingerprint density at radius 1 is 1.40 bits per heavy atom. The molecule has 1 fully saturated rings. The Labute approximate surface area is 118 Å². The number of hydrogen-bond acceptors (Lipinski definition) is 4. The fraction of sp³-hybridized carbons (Fsp3) is 0.769. The van der Waals surface area contributed by atoms with Crippen LogP contribution in [-0.2, 0) is 9.59 Å². The maximum absolute atomic E-state index is 11.9. The number of carbonyl (C=O) groups excluding carboxylic acids is 2. The van der Waals surface area contributed by atoms with Gasteiger partial charge in [-0.05, 0) is 39.2 Å². The number of urea groups is 1. The molecule has 2 unspecified atom stereocenters. The largest absolute Gasteiger partial charge is 0.481 e. The van der Waals surface area contributed by atoms with Crippen molar-refractivity contribution in [2.45, 2.75) is 39.2 Å². The van der Waals surface area contributed by atoms with Crippen LogP contribution < -0.4 is 10.6 Å². The molecule has 1 heterocycles. The lowest BCUT2D eigenvalue weighted by atomic mass is 9.94. The van der Waals surface area contributed by atoms with Crippen molar-refractivity contribution in [2.75, 3.05) is 19.6 Å². The third-order valence-electron chi connectivity index (χ3n) is 3.51. The number of likely N-dealkylation sites (tertiary alicyclic amines) is 1. The van der Waals surface area contributed by atoms with Gasteiger partial charge in [-0.3, -0.25) is 19.8 Å². The molecule has 1 aliphatic rings. The summed E-state index contributed by atoms with van der Waals surface area (Å²) in [5.41, 5.74) is 0. The monoisotopic (exact) mass is 285 g/mol. The first-order valence-corrected chi connectivity index (χ1v) is 6.98. The Morgan fingerprint density at radius 3 is 2.70 bits per heavy atom. The number of amides is 3. The number of aliphatic carboxylic acids is 1. The highest BCUT2D eigenvalue weighted by Crippen LogP contribution is 2.21. The van der Waals surface area contributed by atoms with E-state index in [1.54, 1.807) is 13.8 Å². The van der Waals surface area contributed by atoms with Crippen molar-refractivity contribution < 1.29 is 19.5 Å². The van der Waals surface area contributed by atoms with Gasteiger partial charge in [0.25, 0.3) is 0 Å². The summed E-state index contributed by atoms with van der Waals surface area (Å²) in [6.07, 6.45) is 1.87. The van der Waals surface area contributed by atoms with E-state index in [4.69, 9.17) is 5.11 Å². The first-order chi connectivity index (χ1) is 9.43. The lowest BCUT2D eigenvalue weighted by Gasteiger charge is -2.35. The molecule has 0 spiro atoms. The van der Waals surface area contributed by atoms with Crippen LogP contribution in [-0.4, -0.2) is 53.6 Å². The number of carbonyl (C=O) groups is 3. The van der Waals surface area contributed by atoms with Crippen molar-refractivity contribution in [2.24, 2.45) is 5.92 Å². The fourth-order valence-electron chi connectivity index (χ4n) is 2.45. The van der Waals surface area contributed by atoms with Crippen molar-refractivity contribution in [1.82, 2.24) is 15.5 Å². The number of piperidine rings is 1. The van der Waals surface area contributed by atoms with Crippen LogP contribution in [0.5, 0.6) is 0 Å². The van der Waals surface area contributed by atoms with E-state index in [1.165, 1.54) is 0 Å². The molecule has 1 rings (SSSR count). The minimum Gasteiger partial charge on any atom is -0.481 e. The summed E-state index contributed by atoms with van der Waals surface area (Å²) in [7, 11) is 0. The third kappa shape index (κ3) is 5.16. The van der Waals surface area contributed by atoms with Crippen molar-refractivity contribution in [3.63, 3.8) is 0 Å². The number of imide groups is 1. The lowest BCUT2D eigenvalue weighted by Crippen LogP contribution is -2.52. The Hall–Kier alpha value is -1.63. The number of nitrogens with zero attached hydrogens (tertiary/aromatic N) is 1. The van der Waals surface area contributed by atoms with Gasteiger partial charge in [0.05, 0.1) is 6.04 Å². The molecule has 0 aromatic heterocycles. The molecular weight excluding hydrogens is 262 g/mol. The normalized spacial score (nSPS) is 21.0. The zero-order chi connectivity index (χ0) is 15.1. The lowest BCUT2D eigenvalue weighted by molar-refractivity contribution is -0.138. The van der Waals surface area contributed by atoms with Crippen LogP contribution in [0, 0.1) is 5.92 Å². The van der Waals surface area contributed by atoms with Crippen LogP contribution >= 0.6 is 0 Å². The molecule has 0 aliphatic carbocycles. The fourth-order valence-corrected chi connectivity index (χ4v) is 2.45. The van der Waals surface area contributed by atoms with Gasteiger partial charge in [0.15, 0.2) is 0 Å². The molecule has 114 valence electrons. The predicted molar refractivity (Wildman–Crippen MR) is 73.2 cm³/mol. The average molecular weight is 285 g/mol. The predicted octanol–water partition coefficient (Wildman–Crippen LogP) is 0.407. The highest BCUT2D eigenvalue weighted by Gasteiger charge is 2.28. The second-order valence-corrected chi connectivity index (χ2v) is 5.13. The van der Waals surface area contributed by atoms with Gasteiger partial charge in [-0.15, -0.1) is 0 Å².